The van der Waals surface area contributed by atoms with Crippen LogP contribution in [0.1, 0.15) is 23.6 Å². The van der Waals surface area contributed by atoms with Crippen molar-refractivity contribution in [2.75, 3.05) is 6.61 Å². The van der Waals surface area contributed by atoms with E-state index in [1.54, 1.807) is 0 Å². The maximum absolute atomic E-state index is 9.80. The molecule has 0 radical (unpaired) electrons. The van der Waals surface area contributed by atoms with Gasteiger partial charge in [-0.3, -0.25) is 0 Å². The van der Waals surface area contributed by atoms with E-state index in [9.17, 15) is 5.11 Å². The maximum Gasteiger partial charge on any atom is 0.0528 e. The van der Waals surface area contributed by atoms with Crippen LogP contribution in [0, 0.1) is 6.92 Å². The van der Waals surface area contributed by atoms with Crippen LogP contribution in [-0.4, -0.2) is 11.7 Å². The Balaban J connectivity index is 2.30. The molecule has 0 aliphatic rings. The van der Waals surface area contributed by atoms with Crippen LogP contribution in [0.2, 0.25) is 5.02 Å². The molecule has 0 aliphatic carbocycles. The van der Waals surface area contributed by atoms with Gasteiger partial charge in [-0.1, -0.05) is 60.5 Å². The van der Waals surface area contributed by atoms with Crippen molar-refractivity contribution in [3.63, 3.8) is 0 Å². The van der Waals surface area contributed by atoms with Crippen molar-refractivity contribution in [1.29, 1.82) is 0 Å². The number of hydrogen-bond donors (Lipinski definition) is 1. The number of halogens is 1. The maximum atomic E-state index is 9.80. The number of aliphatic hydroxyl groups is 1. The van der Waals surface area contributed by atoms with Crippen LogP contribution in [-0.2, 0) is 11.8 Å². The van der Waals surface area contributed by atoms with Gasteiger partial charge in [-0.2, -0.15) is 0 Å². The third-order valence-corrected chi connectivity index (χ3v) is 3.82. The molecule has 1 N–H and O–H groups in total. The highest BCUT2D eigenvalue weighted by Crippen LogP contribution is 2.29. The van der Waals surface area contributed by atoms with Gasteiger partial charge in [-0.15, -0.1) is 0 Å². The van der Waals surface area contributed by atoms with Gasteiger partial charge in [-0.05, 0) is 36.6 Å². The van der Waals surface area contributed by atoms with E-state index in [0.29, 0.717) is 5.02 Å². The van der Waals surface area contributed by atoms with E-state index in [-0.39, 0.29) is 12.0 Å². The second kappa shape index (κ2) is 5.77. The highest BCUT2D eigenvalue weighted by molar-refractivity contribution is 6.30. The van der Waals surface area contributed by atoms with Crippen molar-refractivity contribution in [2.24, 2.45) is 0 Å². The number of aryl methyl sites for hydroxylation is 1. The lowest BCUT2D eigenvalue weighted by Crippen LogP contribution is -2.29. The molecule has 0 aromatic heterocycles. The zero-order chi connectivity index (χ0) is 13.9. The van der Waals surface area contributed by atoms with Gasteiger partial charge in [-0.25, -0.2) is 0 Å². The second-order valence-corrected chi connectivity index (χ2v) is 5.83. The van der Waals surface area contributed by atoms with Gasteiger partial charge in [0.1, 0.15) is 0 Å². The fraction of sp³-hybridized carbons (Fsp3) is 0.294. The normalized spacial score (nSPS) is 14.1. The lowest BCUT2D eigenvalue weighted by atomic mass is 9.78. The third kappa shape index (κ3) is 3.37. The summed E-state index contributed by atoms with van der Waals surface area (Å²) in [6.07, 6.45) is 0.796. The van der Waals surface area contributed by atoms with Crippen LogP contribution >= 0.6 is 11.6 Å². The van der Waals surface area contributed by atoms with Gasteiger partial charge >= 0.3 is 0 Å². The van der Waals surface area contributed by atoms with Gasteiger partial charge in [0.2, 0.25) is 0 Å². The Morgan fingerprint density at radius 2 is 1.79 bits per heavy atom. The van der Waals surface area contributed by atoms with E-state index < -0.39 is 0 Å². The first kappa shape index (κ1) is 14.1. The van der Waals surface area contributed by atoms with E-state index >= 15 is 0 Å². The van der Waals surface area contributed by atoms with E-state index in [1.165, 1.54) is 11.1 Å². The summed E-state index contributed by atoms with van der Waals surface area (Å²) in [5.41, 5.74) is 3.24. The first-order chi connectivity index (χ1) is 9.03. The summed E-state index contributed by atoms with van der Waals surface area (Å²) in [5.74, 6) is 0. The zero-order valence-corrected chi connectivity index (χ0v) is 12.1. The molecular weight excluding hydrogens is 256 g/mol. The molecule has 0 fully saturated rings. The molecule has 1 nitrogen and oxygen atoms in total. The summed E-state index contributed by atoms with van der Waals surface area (Å²) in [5, 5.41) is 10.5. The Kier molecular flexibility index (Phi) is 4.28. The van der Waals surface area contributed by atoms with Crippen LogP contribution in [0.25, 0.3) is 0 Å². The van der Waals surface area contributed by atoms with Crippen LogP contribution in [0.3, 0.4) is 0 Å². The minimum Gasteiger partial charge on any atom is -0.395 e. The highest BCUT2D eigenvalue weighted by atomic mass is 35.5. The standard InChI is InChI=1S/C17H19ClO/c1-13-6-8-14(9-7-13)11-17(2,12-19)15-4-3-5-16(18)10-15/h3-10,19H,11-12H2,1-2H3. The quantitative estimate of drug-likeness (QED) is 0.888. The van der Waals surface area contributed by atoms with E-state index in [1.807, 2.05) is 24.3 Å². The summed E-state index contributed by atoms with van der Waals surface area (Å²) in [4.78, 5) is 0. The second-order valence-electron chi connectivity index (χ2n) is 5.39. The number of benzene rings is 2. The lowest BCUT2D eigenvalue weighted by Gasteiger charge is -2.28. The predicted molar refractivity (Wildman–Crippen MR) is 80.8 cm³/mol. The molecular formula is C17H19ClO. The fourth-order valence-corrected chi connectivity index (χ4v) is 2.46. The van der Waals surface area contributed by atoms with Gasteiger partial charge in [0.15, 0.2) is 0 Å². The molecule has 0 amide bonds. The minimum atomic E-state index is -0.305. The van der Waals surface area contributed by atoms with Gasteiger partial charge in [0.25, 0.3) is 0 Å². The topological polar surface area (TPSA) is 20.2 Å². The smallest absolute Gasteiger partial charge is 0.0528 e. The Hall–Kier alpha value is -1.31. The van der Waals surface area contributed by atoms with Crippen LogP contribution in [0.4, 0.5) is 0 Å². The van der Waals surface area contributed by atoms with Crippen molar-refractivity contribution < 1.29 is 5.11 Å². The van der Waals surface area contributed by atoms with Crippen LogP contribution < -0.4 is 0 Å². The van der Waals surface area contributed by atoms with E-state index in [0.717, 1.165) is 12.0 Å². The van der Waals surface area contributed by atoms with Crippen LogP contribution in [0.5, 0.6) is 0 Å². The van der Waals surface area contributed by atoms with E-state index in [4.69, 9.17) is 11.6 Å². The number of aliphatic hydroxyl groups excluding tert-OH is 1. The zero-order valence-electron chi connectivity index (χ0n) is 11.4. The molecule has 2 heteroatoms. The molecule has 0 heterocycles. The summed E-state index contributed by atoms with van der Waals surface area (Å²) < 4.78 is 0. The lowest BCUT2D eigenvalue weighted by molar-refractivity contribution is 0.204. The third-order valence-electron chi connectivity index (χ3n) is 3.59. The fourth-order valence-electron chi connectivity index (χ4n) is 2.27. The van der Waals surface area contributed by atoms with Crippen molar-refractivity contribution >= 4 is 11.6 Å². The van der Waals surface area contributed by atoms with Crippen molar-refractivity contribution in [1.82, 2.24) is 0 Å². The molecule has 2 rings (SSSR count). The predicted octanol–water partition coefficient (Wildman–Crippen LogP) is 4.14. The minimum absolute atomic E-state index is 0.0984. The summed E-state index contributed by atoms with van der Waals surface area (Å²) in [6, 6.07) is 16.2. The average Bonchev–Trinajstić information content (AvgIpc) is 2.41. The monoisotopic (exact) mass is 274 g/mol. The SMILES string of the molecule is Cc1ccc(CC(C)(CO)c2cccc(Cl)c2)cc1. The van der Waals surface area contributed by atoms with Gasteiger partial charge in [0.05, 0.1) is 6.61 Å². The summed E-state index contributed by atoms with van der Waals surface area (Å²) in [7, 11) is 0. The van der Waals surface area contributed by atoms with E-state index in [2.05, 4.69) is 38.1 Å². The highest BCUT2D eigenvalue weighted by Gasteiger charge is 2.26. The van der Waals surface area contributed by atoms with Crippen molar-refractivity contribution in [3.8, 4) is 0 Å². The first-order valence-electron chi connectivity index (χ1n) is 6.46. The Labute approximate surface area is 119 Å². The van der Waals surface area contributed by atoms with Crippen LogP contribution in [0.15, 0.2) is 48.5 Å². The molecule has 2 aromatic rings. The molecule has 0 spiro atoms. The number of hydrogen-bond acceptors (Lipinski definition) is 1. The van der Waals surface area contributed by atoms with Crippen molar-refractivity contribution in [3.05, 3.63) is 70.2 Å². The molecule has 100 valence electrons. The molecule has 2 aromatic carbocycles. The first-order valence-corrected chi connectivity index (χ1v) is 6.84. The molecule has 0 saturated carbocycles. The van der Waals surface area contributed by atoms with Crippen molar-refractivity contribution in [2.45, 2.75) is 25.7 Å². The molecule has 0 bridgehead atoms. The Morgan fingerprint density at radius 1 is 1.11 bits per heavy atom. The largest absolute Gasteiger partial charge is 0.395 e. The summed E-state index contributed by atoms with van der Waals surface area (Å²) in [6.45, 7) is 4.24. The summed E-state index contributed by atoms with van der Waals surface area (Å²) >= 11 is 6.05. The Morgan fingerprint density at radius 3 is 2.37 bits per heavy atom. The Bertz CT molecular complexity index is 547. The average molecular weight is 275 g/mol. The molecule has 0 aliphatic heterocycles. The molecule has 1 atom stereocenters. The number of rotatable bonds is 4. The molecule has 1 unspecified atom stereocenters. The van der Waals surface area contributed by atoms with Gasteiger partial charge in [0, 0.05) is 10.4 Å². The molecule has 19 heavy (non-hydrogen) atoms. The molecule has 0 saturated heterocycles. The van der Waals surface area contributed by atoms with Gasteiger partial charge < -0.3 is 5.11 Å².